The number of hydrogen-bond donors (Lipinski definition) is 1. The van der Waals surface area contributed by atoms with Crippen LogP contribution in [0.15, 0.2) is 28.7 Å². The Hall–Kier alpha value is -2.02. The van der Waals surface area contributed by atoms with Gasteiger partial charge in [0.2, 0.25) is 5.95 Å². The van der Waals surface area contributed by atoms with Crippen LogP contribution in [-0.4, -0.2) is 21.4 Å². The molecule has 0 spiro atoms. The van der Waals surface area contributed by atoms with E-state index in [1.54, 1.807) is 13.0 Å². The van der Waals surface area contributed by atoms with Crippen LogP contribution >= 0.6 is 15.9 Å². The molecule has 21 heavy (non-hydrogen) atoms. The van der Waals surface area contributed by atoms with E-state index in [1.165, 1.54) is 0 Å². The molecule has 0 unspecified atom stereocenters. The molecule has 1 N–H and O–H groups in total. The second-order valence-corrected chi connectivity index (χ2v) is 5.35. The molecular formula is C14H15BrN4O2. The van der Waals surface area contributed by atoms with Gasteiger partial charge >= 0.3 is 5.69 Å². The van der Waals surface area contributed by atoms with Gasteiger partial charge in [0.15, 0.2) is 5.69 Å². The largest absolute Gasteiger partial charge is 0.354 e. The number of nitro groups is 1. The fourth-order valence-corrected chi connectivity index (χ4v) is 2.42. The molecular weight excluding hydrogens is 336 g/mol. The maximum atomic E-state index is 11.3. The van der Waals surface area contributed by atoms with E-state index >= 15 is 0 Å². The maximum Gasteiger partial charge on any atom is 0.316 e. The highest BCUT2D eigenvalue weighted by atomic mass is 79.9. The van der Waals surface area contributed by atoms with Gasteiger partial charge in [0.05, 0.1) is 4.92 Å². The molecule has 0 radical (unpaired) electrons. The predicted molar refractivity (Wildman–Crippen MR) is 85.3 cm³/mol. The van der Waals surface area contributed by atoms with Crippen molar-refractivity contribution in [3.8, 4) is 11.3 Å². The molecule has 0 bridgehead atoms. The van der Waals surface area contributed by atoms with E-state index in [2.05, 4.69) is 31.2 Å². The van der Waals surface area contributed by atoms with Crippen LogP contribution in [0.2, 0.25) is 0 Å². The van der Waals surface area contributed by atoms with Crippen LogP contribution in [0.25, 0.3) is 11.3 Å². The number of aromatic nitrogens is 2. The van der Waals surface area contributed by atoms with E-state index < -0.39 is 4.92 Å². The molecule has 0 atom stereocenters. The summed E-state index contributed by atoms with van der Waals surface area (Å²) >= 11 is 3.41. The number of benzene rings is 1. The lowest BCUT2D eigenvalue weighted by Crippen LogP contribution is -2.08. The lowest BCUT2D eigenvalue weighted by atomic mass is 10.1. The number of rotatable bonds is 5. The molecule has 1 aromatic heterocycles. The minimum absolute atomic E-state index is 0.0658. The Morgan fingerprint density at radius 3 is 2.67 bits per heavy atom. The van der Waals surface area contributed by atoms with Gasteiger partial charge in [-0.15, -0.1) is 0 Å². The molecule has 0 amide bonds. The van der Waals surface area contributed by atoms with Gasteiger partial charge in [-0.1, -0.05) is 41.1 Å². The first-order valence-corrected chi connectivity index (χ1v) is 7.35. The van der Waals surface area contributed by atoms with Crippen LogP contribution in [0.1, 0.15) is 19.0 Å². The third-order valence-electron chi connectivity index (χ3n) is 2.90. The number of aryl methyl sites for hydroxylation is 1. The zero-order valence-corrected chi connectivity index (χ0v) is 13.3. The Bertz CT molecular complexity index is 676. The fraction of sp³-hybridized carbons (Fsp3) is 0.286. The second-order valence-electron chi connectivity index (χ2n) is 4.49. The van der Waals surface area contributed by atoms with Gasteiger partial charge in [0, 0.05) is 16.6 Å². The lowest BCUT2D eigenvalue weighted by molar-refractivity contribution is -0.385. The molecule has 0 saturated carbocycles. The molecule has 110 valence electrons. The Balaban J connectivity index is 2.63. The standard InChI is InChI=1S/C14H15BrN4O2/c1-3-8-16-14-17-9(2)13(19(20)21)12(18-14)10-6-4-5-7-11(10)15/h4-7H,3,8H2,1-2H3,(H,16,17,18). The highest BCUT2D eigenvalue weighted by Gasteiger charge is 2.24. The summed E-state index contributed by atoms with van der Waals surface area (Å²) in [4.78, 5) is 19.4. The first-order valence-electron chi connectivity index (χ1n) is 6.56. The summed E-state index contributed by atoms with van der Waals surface area (Å²) in [5.41, 5.74) is 1.27. The minimum atomic E-state index is -0.437. The highest BCUT2D eigenvalue weighted by molar-refractivity contribution is 9.10. The smallest absolute Gasteiger partial charge is 0.316 e. The van der Waals surface area contributed by atoms with Crippen molar-refractivity contribution in [1.29, 1.82) is 0 Å². The lowest BCUT2D eigenvalue weighted by Gasteiger charge is -2.10. The molecule has 0 aliphatic heterocycles. The first kappa shape index (κ1) is 15.4. The van der Waals surface area contributed by atoms with E-state index in [0.29, 0.717) is 29.4 Å². The average Bonchev–Trinajstić information content (AvgIpc) is 2.44. The van der Waals surface area contributed by atoms with Crippen LogP contribution in [0.3, 0.4) is 0 Å². The summed E-state index contributed by atoms with van der Waals surface area (Å²) in [6.07, 6.45) is 0.920. The Labute approximate surface area is 130 Å². The van der Waals surface area contributed by atoms with E-state index in [1.807, 2.05) is 25.1 Å². The number of nitrogens with one attached hydrogen (secondary N) is 1. The van der Waals surface area contributed by atoms with Gasteiger partial charge in [-0.3, -0.25) is 10.1 Å². The third-order valence-corrected chi connectivity index (χ3v) is 3.59. The fourth-order valence-electron chi connectivity index (χ4n) is 1.94. The first-order chi connectivity index (χ1) is 10.0. The molecule has 0 fully saturated rings. The number of nitrogens with zero attached hydrogens (tertiary/aromatic N) is 3. The maximum absolute atomic E-state index is 11.3. The van der Waals surface area contributed by atoms with Crippen LogP contribution in [0.5, 0.6) is 0 Å². The summed E-state index contributed by atoms with van der Waals surface area (Å²) in [7, 11) is 0. The molecule has 0 saturated heterocycles. The summed E-state index contributed by atoms with van der Waals surface area (Å²) in [5.74, 6) is 0.408. The zero-order valence-electron chi connectivity index (χ0n) is 11.8. The molecule has 1 heterocycles. The van der Waals surface area contributed by atoms with Crippen molar-refractivity contribution in [3.63, 3.8) is 0 Å². The van der Waals surface area contributed by atoms with Crippen LogP contribution in [-0.2, 0) is 0 Å². The van der Waals surface area contributed by atoms with E-state index in [9.17, 15) is 10.1 Å². The van der Waals surface area contributed by atoms with Crippen molar-refractivity contribution in [2.45, 2.75) is 20.3 Å². The van der Waals surface area contributed by atoms with Crippen molar-refractivity contribution in [2.75, 3.05) is 11.9 Å². The van der Waals surface area contributed by atoms with Gasteiger partial charge in [-0.2, -0.15) is 0 Å². The monoisotopic (exact) mass is 350 g/mol. The van der Waals surface area contributed by atoms with E-state index in [0.717, 1.165) is 10.9 Å². The number of hydrogen-bond acceptors (Lipinski definition) is 5. The topological polar surface area (TPSA) is 81.0 Å². The highest BCUT2D eigenvalue weighted by Crippen LogP contribution is 2.35. The Morgan fingerprint density at radius 1 is 1.33 bits per heavy atom. The quantitative estimate of drug-likeness (QED) is 0.652. The van der Waals surface area contributed by atoms with Crippen molar-refractivity contribution in [1.82, 2.24) is 9.97 Å². The number of anilines is 1. The average molecular weight is 351 g/mol. The van der Waals surface area contributed by atoms with Crippen LogP contribution in [0, 0.1) is 17.0 Å². The third kappa shape index (κ3) is 3.36. The molecule has 7 heteroatoms. The van der Waals surface area contributed by atoms with Gasteiger partial charge in [0.25, 0.3) is 0 Å². The van der Waals surface area contributed by atoms with Crippen molar-refractivity contribution < 1.29 is 4.92 Å². The van der Waals surface area contributed by atoms with Crippen molar-refractivity contribution in [2.24, 2.45) is 0 Å². The van der Waals surface area contributed by atoms with Crippen LogP contribution < -0.4 is 5.32 Å². The molecule has 2 aromatic rings. The minimum Gasteiger partial charge on any atom is -0.354 e. The predicted octanol–water partition coefficient (Wildman–Crippen LogP) is 3.94. The molecule has 0 aliphatic carbocycles. The van der Waals surface area contributed by atoms with E-state index in [-0.39, 0.29) is 5.69 Å². The van der Waals surface area contributed by atoms with Gasteiger partial charge in [-0.05, 0) is 19.4 Å². The summed E-state index contributed by atoms with van der Waals surface area (Å²) < 4.78 is 0.757. The van der Waals surface area contributed by atoms with Crippen LogP contribution in [0.4, 0.5) is 11.6 Å². The Morgan fingerprint density at radius 2 is 2.05 bits per heavy atom. The summed E-state index contributed by atoms with van der Waals surface area (Å²) in [6, 6.07) is 7.29. The normalized spacial score (nSPS) is 10.4. The van der Waals surface area contributed by atoms with Gasteiger partial charge in [0.1, 0.15) is 5.69 Å². The second kappa shape index (κ2) is 6.62. The number of halogens is 1. The Kier molecular flexibility index (Phi) is 4.85. The molecule has 1 aromatic carbocycles. The van der Waals surface area contributed by atoms with Crippen molar-refractivity contribution in [3.05, 3.63) is 44.5 Å². The van der Waals surface area contributed by atoms with Gasteiger partial charge < -0.3 is 5.32 Å². The summed E-state index contributed by atoms with van der Waals surface area (Å²) in [6.45, 7) is 4.36. The molecule has 0 aliphatic rings. The molecule has 2 rings (SSSR count). The van der Waals surface area contributed by atoms with E-state index in [4.69, 9.17) is 0 Å². The van der Waals surface area contributed by atoms with Crippen molar-refractivity contribution >= 4 is 27.6 Å². The summed E-state index contributed by atoms with van der Waals surface area (Å²) in [5, 5.41) is 14.4. The molecule has 6 nitrogen and oxygen atoms in total. The SMILES string of the molecule is CCCNc1nc(C)c([N+](=O)[O-])c(-c2ccccc2Br)n1. The zero-order chi connectivity index (χ0) is 15.4. The van der Waals surface area contributed by atoms with Gasteiger partial charge in [-0.25, -0.2) is 9.97 Å².